The number of carbonyl (C=O) groups is 3. The van der Waals surface area contributed by atoms with Gasteiger partial charge in [-0.05, 0) is 54.4 Å². The van der Waals surface area contributed by atoms with Crippen LogP contribution in [0.25, 0.3) is 0 Å². The van der Waals surface area contributed by atoms with Gasteiger partial charge in [-0.2, -0.15) is 13.2 Å². The third-order valence-electron chi connectivity index (χ3n) is 6.61. The third kappa shape index (κ3) is 4.24. The fourth-order valence-electron chi connectivity index (χ4n) is 4.73. The molecule has 3 aromatic carbocycles. The largest absolute Gasteiger partial charge is 0.494 e. The Kier molecular flexibility index (Phi) is 6.23. The zero-order valence-electron chi connectivity index (χ0n) is 19.9. The van der Waals surface area contributed by atoms with Crippen molar-refractivity contribution >= 4 is 23.4 Å². The van der Waals surface area contributed by atoms with Crippen molar-refractivity contribution in [1.29, 1.82) is 0 Å². The van der Waals surface area contributed by atoms with E-state index >= 15 is 0 Å². The Morgan fingerprint density at radius 3 is 2.05 bits per heavy atom. The lowest BCUT2D eigenvalue weighted by atomic mass is 9.86. The summed E-state index contributed by atoms with van der Waals surface area (Å²) in [6, 6.07) is 15.5. The molecule has 0 aromatic heterocycles. The highest BCUT2D eigenvalue weighted by atomic mass is 19.4. The van der Waals surface area contributed by atoms with Crippen LogP contribution in [0.2, 0.25) is 0 Å². The standard InChI is InChI=1S/C28H23F3N2O4/c1-2-3-15-37-20-13-11-17(12-14-20)23-24(33-25(34)21-9-4-5-10-22(21)26(33)35)27(36)32(23)19-8-6-7-18(16-19)28(29,30)31/h4-14,16,23-24H,2-3,15H2,1H3/t23-,24+/m1/s1. The van der Waals surface area contributed by atoms with Crippen molar-refractivity contribution in [3.8, 4) is 5.75 Å². The Balaban J connectivity index is 1.53. The number of fused-ring (bicyclic) bond motifs is 1. The molecule has 9 heteroatoms. The molecule has 2 atom stereocenters. The lowest BCUT2D eigenvalue weighted by Crippen LogP contribution is -2.67. The molecule has 1 saturated heterocycles. The monoisotopic (exact) mass is 508 g/mol. The number of halogens is 3. The van der Waals surface area contributed by atoms with Crippen LogP contribution in [0.5, 0.6) is 5.75 Å². The number of unbranched alkanes of at least 4 members (excludes halogenated alkanes) is 1. The molecule has 190 valence electrons. The number of hydrogen-bond acceptors (Lipinski definition) is 4. The Hall–Kier alpha value is -4.14. The molecular weight excluding hydrogens is 485 g/mol. The van der Waals surface area contributed by atoms with Crippen LogP contribution in [0.4, 0.5) is 18.9 Å². The minimum Gasteiger partial charge on any atom is -0.494 e. The number of carbonyl (C=O) groups excluding carboxylic acids is 3. The summed E-state index contributed by atoms with van der Waals surface area (Å²) in [5, 5.41) is 0. The van der Waals surface area contributed by atoms with E-state index in [1.165, 1.54) is 29.2 Å². The predicted octanol–water partition coefficient (Wildman–Crippen LogP) is 5.64. The lowest BCUT2D eigenvalue weighted by Gasteiger charge is -2.49. The van der Waals surface area contributed by atoms with E-state index in [9.17, 15) is 27.6 Å². The summed E-state index contributed by atoms with van der Waals surface area (Å²) >= 11 is 0. The molecule has 2 heterocycles. The third-order valence-corrected chi connectivity index (χ3v) is 6.61. The molecule has 0 aliphatic carbocycles. The number of β-lactam (4-membered cyclic amide) rings is 1. The highest BCUT2D eigenvalue weighted by Crippen LogP contribution is 2.45. The molecule has 0 saturated carbocycles. The molecule has 0 bridgehead atoms. The van der Waals surface area contributed by atoms with Gasteiger partial charge in [-0.15, -0.1) is 0 Å². The van der Waals surface area contributed by atoms with Crippen molar-refractivity contribution in [2.24, 2.45) is 0 Å². The molecule has 0 radical (unpaired) electrons. The van der Waals surface area contributed by atoms with Gasteiger partial charge in [-0.25, -0.2) is 0 Å². The average molecular weight is 508 g/mol. The Labute approximate surface area is 211 Å². The number of benzene rings is 3. The summed E-state index contributed by atoms with van der Waals surface area (Å²) in [5.74, 6) is -1.24. The van der Waals surface area contributed by atoms with Crippen molar-refractivity contribution in [3.05, 3.63) is 95.1 Å². The summed E-state index contributed by atoms with van der Waals surface area (Å²) in [4.78, 5) is 41.9. The topological polar surface area (TPSA) is 66.9 Å². The van der Waals surface area contributed by atoms with E-state index in [0.29, 0.717) is 17.9 Å². The first-order valence-corrected chi connectivity index (χ1v) is 11.9. The average Bonchev–Trinajstić information content (AvgIpc) is 3.13. The van der Waals surface area contributed by atoms with Gasteiger partial charge in [0, 0.05) is 5.69 Å². The van der Waals surface area contributed by atoms with Crippen LogP contribution < -0.4 is 9.64 Å². The van der Waals surface area contributed by atoms with Crippen molar-refractivity contribution in [2.45, 2.75) is 38.0 Å². The highest BCUT2D eigenvalue weighted by molar-refractivity contribution is 6.24. The van der Waals surface area contributed by atoms with E-state index in [-0.39, 0.29) is 16.8 Å². The summed E-state index contributed by atoms with van der Waals surface area (Å²) in [6.45, 7) is 2.58. The van der Waals surface area contributed by atoms with E-state index in [2.05, 4.69) is 0 Å². The molecule has 37 heavy (non-hydrogen) atoms. The zero-order valence-corrected chi connectivity index (χ0v) is 19.9. The van der Waals surface area contributed by atoms with Crippen molar-refractivity contribution < 1.29 is 32.3 Å². The van der Waals surface area contributed by atoms with Gasteiger partial charge in [0.15, 0.2) is 0 Å². The molecule has 0 spiro atoms. The van der Waals surface area contributed by atoms with E-state index < -0.39 is 41.5 Å². The first kappa shape index (κ1) is 24.5. The molecule has 0 N–H and O–H groups in total. The smallest absolute Gasteiger partial charge is 0.416 e. The van der Waals surface area contributed by atoms with Gasteiger partial charge >= 0.3 is 6.18 Å². The summed E-state index contributed by atoms with van der Waals surface area (Å²) in [6.07, 6.45) is -2.75. The lowest BCUT2D eigenvalue weighted by molar-refractivity contribution is -0.137. The normalized spacial score (nSPS) is 19.2. The first-order valence-electron chi connectivity index (χ1n) is 11.9. The quantitative estimate of drug-likeness (QED) is 0.236. The van der Waals surface area contributed by atoms with Gasteiger partial charge in [-0.3, -0.25) is 19.3 Å². The van der Waals surface area contributed by atoms with Crippen molar-refractivity contribution in [1.82, 2.24) is 4.90 Å². The van der Waals surface area contributed by atoms with E-state index in [0.717, 1.165) is 29.9 Å². The number of hydrogen-bond donors (Lipinski definition) is 0. The fraction of sp³-hybridized carbons (Fsp3) is 0.250. The van der Waals surface area contributed by atoms with Gasteiger partial charge in [0.05, 0.1) is 29.3 Å². The maximum Gasteiger partial charge on any atom is 0.416 e. The van der Waals surface area contributed by atoms with E-state index in [4.69, 9.17) is 4.74 Å². The second kappa shape index (κ2) is 9.38. The highest BCUT2D eigenvalue weighted by Gasteiger charge is 2.57. The number of alkyl halides is 3. The summed E-state index contributed by atoms with van der Waals surface area (Å²) in [7, 11) is 0. The molecule has 3 amide bonds. The number of ether oxygens (including phenoxy) is 1. The van der Waals surface area contributed by atoms with Crippen LogP contribution in [0.3, 0.4) is 0 Å². The molecule has 1 fully saturated rings. The summed E-state index contributed by atoms with van der Waals surface area (Å²) < 4.78 is 45.9. The Morgan fingerprint density at radius 1 is 0.811 bits per heavy atom. The second-order valence-electron chi connectivity index (χ2n) is 8.94. The minimum atomic E-state index is -4.60. The van der Waals surface area contributed by atoms with Crippen LogP contribution in [-0.4, -0.2) is 35.3 Å². The minimum absolute atomic E-state index is 0.0287. The van der Waals surface area contributed by atoms with Gasteiger partial charge in [0.25, 0.3) is 17.7 Å². The van der Waals surface area contributed by atoms with Crippen LogP contribution in [0.1, 0.15) is 57.7 Å². The van der Waals surface area contributed by atoms with Crippen LogP contribution in [-0.2, 0) is 11.0 Å². The number of imide groups is 1. The van der Waals surface area contributed by atoms with Crippen molar-refractivity contribution in [3.63, 3.8) is 0 Å². The van der Waals surface area contributed by atoms with E-state index in [1.54, 1.807) is 36.4 Å². The predicted molar refractivity (Wildman–Crippen MR) is 129 cm³/mol. The van der Waals surface area contributed by atoms with Crippen LogP contribution >= 0.6 is 0 Å². The molecule has 3 aromatic rings. The Bertz CT molecular complexity index is 1340. The maximum absolute atomic E-state index is 13.5. The first-order chi connectivity index (χ1) is 17.7. The van der Waals surface area contributed by atoms with Crippen LogP contribution in [0, 0.1) is 0 Å². The molecular formula is C28H23F3N2O4. The van der Waals surface area contributed by atoms with Crippen LogP contribution in [0.15, 0.2) is 72.8 Å². The molecule has 6 nitrogen and oxygen atoms in total. The number of rotatable bonds is 7. The van der Waals surface area contributed by atoms with Gasteiger partial charge in [0.2, 0.25) is 0 Å². The maximum atomic E-state index is 13.5. The molecule has 2 aliphatic heterocycles. The van der Waals surface area contributed by atoms with Gasteiger partial charge in [0.1, 0.15) is 11.8 Å². The molecule has 2 aliphatic rings. The summed E-state index contributed by atoms with van der Waals surface area (Å²) in [5.41, 5.74) is 0.0650. The number of nitrogens with zero attached hydrogens (tertiary/aromatic N) is 2. The number of anilines is 1. The fourth-order valence-corrected chi connectivity index (χ4v) is 4.73. The zero-order chi connectivity index (χ0) is 26.3. The van der Waals surface area contributed by atoms with E-state index in [1.807, 2.05) is 6.92 Å². The molecule has 0 unspecified atom stereocenters. The Morgan fingerprint density at radius 2 is 1.46 bits per heavy atom. The van der Waals surface area contributed by atoms with Gasteiger partial charge < -0.3 is 9.64 Å². The SMILES string of the molecule is CCCCOc1ccc([C@@H]2[C@H](N3C(=O)c4ccccc4C3=O)C(=O)N2c2cccc(C(F)(F)F)c2)cc1. The molecule has 5 rings (SSSR count). The second-order valence-corrected chi connectivity index (χ2v) is 8.94. The van der Waals surface area contributed by atoms with Crippen molar-refractivity contribution in [2.75, 3.05) is 11.5 Å². The van der Waals surface area contributed by atoms with Gasteiger partial charge in [-0.1, -0.05) is 43.7 Å². The number of amides is 3.